The van der Waals surface area contributed by atoms with E-state index in [1.807, 2.05) is 0 Å². The van der Waals surface area contributed by atoms with Gasteiger partial charge in [-0.3, -0.25) is 9.59 Å². The van der Waals surface area contributed by atoms with Gasteiger partial charge < -0.3 is 20.7 Å². The first-order valence-electron chi connectivity index (χ1n) is 6.74. The second-order valence-corrected chi connectivity index (χ2v) is 5.04. The van der Waals surface area contributed by atoms with E-state index >= 15 is 0 Å². The van der Waals surface area contributed by atoms with Gasteiger partial charge in [-0.25, -0.2) is 0 Å². The summed E-state index contributed by atoms with van der Waals surface area (Å²) in [7, 11) is 0. The lowest BCUT2D eigenvalue weighted by atomic mass is 10.0. The number of hydrogen-bond donors (Lipinski definition) is 3. The normalized spacial score (nSPS) is 11.9. The van der Waals surface area contributed by atoms with Crippen molar-refractivity contribution in [2.75, 3.05) is 5.73 Å². The highest BCUT2D eigenvalue weighted by atomic mass is 16.5. The van der Waals surface area contributed by atoms with Crippen molar-refractivity contribution in [3.05, 3.63) is 47.3 Å². The monoisotopic (exact) mass is 303 g/mol. The Morgan fingerprint density at radius 1 is 1.36 bits per heavy atom. The number of carboxylic acid groups (broad SMARTS) is 1. The Labute approximate surface area is 127 Å². The van der Waals surface area contributed by atoms with E-state index in [0.717, 1.165) is 5.56 Å². The number of nitrogens with two attached hydrogens (primary N) is 1. The molecule has 7 heteroatoms. The first-order chi connectivity index (χ1) is 10.4. The van der Waals surface area contributed by atoms with Crippen LogP contribution in [-0.2, 0) is 11.2 Å². The quantitative estimate of drug-likeness (QED) is 0.694. The molecule has 1 aromatic heterocycles. The Morgan fingerprint density at radius 2 is 2.05 bits per heavy atom. The number of aryl methyl sites for hydroxylation is 1. The minimum atomic E-state index is -0.989. The molecule has 0 fully saturated rings. The lowest BCUT2D eigenvalue weighted by molar-refractivity contribution is -0.137. The van der Waals surface area contributed by atoms with Crippen LogP contribution in [0.4, 0.5) is 5.69 Å². The lowest BCUT2D eigenvalue weighted by Gasteiger charge is -2.16. The number of nitrogen functional groups attached to an aromatic ring is 1. The highest BCUT2D eigenvalue weighted by Gasteiger charge is 2.19. The van der Waals surface area contributed by atoms with Crippen LogP contribution in [-0.4, -0.2) is 28.2 Å². The molecule has 0 bridgehead atoms. The Morgan fingerprint density at radius 3 is 2.59 bits per heavy atom. The number of carboxylic acids is 1. The number of nitrogens with one attached hydrogen (secondary N) is 1. The van der Waals surface area contributed by atoms with Crippen LogP contribution in [0.25, 0.3) is 0 Å². The molecule has 0 saturated heterocycles. The molecule has 2 rings (SSSR count). The molecule has 1 heterocycles. The predicted molar refractivity (Wildman–Crippen MR) is 79.3 cm³/mol. The Balaban J connectivity index is 2.07. The first kappa shape index (κ1) is 15.6. The first-order valence-corrected chi connectivity index (χ1v) is 6.74. The molecule has 0 unspecified atom stereocenters. The van der Waals surface area contributed by atoms with Crippen LogP contribution >= 0.6 is 0 Å². The van der Waals surface area contributed by atoms with E-state index in [0.29, 0.717) is 17.9 Å². The van der Waals surface area contributed by atoms with Crippen molar-refractivity contribution >= 4 is 17.6 Å². The molecular weight excluding hydrogens is 286 g/mol. The molecule has 1 amide bonds. The minimum absolute atomic E-state index is 0.130. The van der Waals surface area contributed by atoms with E-state index < -0.39 is 17.9 Å². The van der Waals surface area contributed by atoms with Crippen LogP contribution in [0.1, 0.15) is 28.2 Å². The number of aliphatic carboxylic acids is 1. The summed E-state index contributed by atoms with van der Waals surface area (Å²) < 4.78 is 4.84. The molecule has 0 aliphatic carbocycles. The van der Waals surface area contributed by atoms with Crippen molar-refractivity contribution < 1.29 is 19.2 Å². The summed E-state index contributed by atoms with van der Waals surface area (Å²) in [6.07, 6.45) is 0.197. The number of hydrogen-bond acceptors (Lipinski definition) is 5. The van der Waals surface area contributed by atoms with Crippen LogP contribution in [0.3, 0.4) is 0 Å². The van der Waals surface area contributed by atoms with Crippen molar-refractivity contribution in [3.8, 4) is 0 Å². The fraction of sp³-hybridized carbons (Fsp3) is 0.267. The summed E-state index contributed by atoms with van der Waals surface area (Å²) in [4.78, 5) is 23.0. The largest absolute Gasteiger partial charge is 0.481 e. The lowest BCUT2D eigenvalue weighted by Crippen LogP contribution is -2.38. The zero-order valence-corrected chi connectivity index (χ0v) is 12.1. The fourth-order valence-electron chi connectivity index (χ4n) is 2.06. The van der Waals surface area contributed by atoms with E-state index in [-0.39, 0.29) is 12.1 Å². The van der Waals surface area contributed by atoms with E-state index in [1.165, 1.54) is 6.07 Å². The summed E-state index contributed by atoms with van der Waals surface area (Å²) in [5.41, 5.74) is 7.26. The number of rotatable bonds is 6. The smallest absolute Gasteiger partial charge is 0.305 e. The maximum atomic E-state index is 12.0. The number of carbonyl (C=O) groups excluding carboxylic acids is 1. The Hall–Kier alpha value is -2.83. The molecule has 4 N–H and O–H groups in total. The van der Waals surface area contributed by atoms with Gasteiger partial charge in [0.05, 0.1) is 6.42 Å². The predicted octanol–water partition coefficient (Wildman–Crippen LogP) is 1.38. The highest BCUT2D eigenvalue weighted by molar-refractivity contribution is 5.92. The van der Waals surface area contributed by atoms with Gasteiger partial charge in [0, 0.05) is 17.8 Å². The summed E-state index contributed by atoms with van der Waals surface area (Å²) in [5.74, 6) is -0.936. The van der Waals surface area contributed by atoms with Crippen LogP contribution in [0.15, 0.2) is 34.9 Å². The third kappa shape index (κ3) is 4.34. The molecule has 22 heavy (non-hydrogen) atoms. The topological polar surface area (TPSA) is 118 Å². The summed E-state index contributed by atoms with van der Waals surface area (Å²) >= 11 is 0. The molecular formula is C15H17N3O4. The standard InChI is InChI=1S/C15H17N3O4/c1-9-6-13(18-22-9)15(21)17-12(8-14(19)20)7-10-2-4-11(16)5-3-10/h2-6,12H,7-8,16H2,1H3,(H,17,21)(H,19,20)/t12-/m1/s1. The number of carbonyl (C=O) groups is 2. The summed E-state index contributed by atoms with van der Waals surface area (Å²) in [6, 6.07) is 8.01. The zero-order valence-electron chi connectivity index (χ0n) is 12.1. The van der Waals surface area contributed by atoms with Gasteiger partial charge >= 0.3 is 5.97 Å². The van der Waals surface area contributed by atoms with Crippen LogP contribution in [0.5, 0.6) is 0 Å². The van der Waals surface area contributed by atoms with Crippen LogP contribution in [0.2, 0.25) is 0 Å². The van der Waals surface area contributed by atoms with Gasteiger partial charge in [0.15, 0.2) is 5.69 Å². The Kier molecular flexibility index (Phi) is 4.77. The highest BCUT2D eigenvalue weighted by Crippen LogP contribution is 2.11. The van der Waals surface area contributed by atoms with E-state index in [1.54, 1.807) is 31.2 Å². The molecule has 0 aliphatic rings. The van der Waals surface area contributed by atoms with Crippen molar-refractivity contribution in [2.24, 2.45) is 0 Å². The van der Waals surface area contributed by atoms with Crippen molar-refractivity contribution in [1.29, 1.82) is 0 Å². The second kappa shape index (κ2) is 6.75. The molecule has 7 nitrogen and oxygen atoms in total. The third-order valence-corrected chi connectivity index (χ3v) is 3.08. The third-order valence-electron chi connectivity index (χ3n) is 3.08. The molecule has 1 aromatic carbocycles. The average Bonchev–Trinajstić information content (AvgIpc) is 2.87. The molecule has 0 spiro atoms. The Bertz CT molecular complexity index is 664. The number of aromatic nitrogens is 1. The van der Waals surface area contributed by atoms with Gasteiger partial charge in [-0.2, -0.15) is 0 Å². The number of benzene rings is 1. The molecule has 0 saturated carbocycles. The summed E-state index contributed by atoms with van der Waals surface area (Å²) in [5, 5.41) is 15.3. The zero-order chi connectivity index (χ0) is 16.1. The van der Waals surface area contributed by atoms with Crippen LogP contribution < -0.4 is 11.1 Å². The maximum Gasteiger partial charge on any atom is 0.305 e. The molecule has 1 atom stereocenters. The average molecular weight is 303 g/mol. The van der Waals surface area contributed by atoms with Gasteiger partial charge in [0.1, 0.15) is 5.76 Å². The number of nitrogens with zero attached hydrogens (tertiary/aromatic N) is 1. The van der Waals surface area contributed by atoms with Gasteiger partial charge in [-0.15, -0.1) is 0 Å². The van der Waals surface area contributed by atoms with Gasteiger partial charge in [0.25, 0.3) is 5.91 Å². The van der Waals surface area contributed by atoms with Crippen molar-refractivity contribution in [1.82, 2.24) is 10.5 Å². The van der Waals surface area contributed by atoms with Gasteiger partial charge in [-0.05, 0) is 31.0 Å². The number of anilines is 1. The second-order valence-electron chi connectivity index (χ2n) is 5.04. The van der Waals surface area contributed by atoms with Crippen molar-refractivity contribution in [3.63, 3.8) is 0 Å². The summed E-state index contributed by atoms with van der Waals surface area (Å²) in [6.45, 7) is 1.67. The number of amides is 1. The molecule has 0 aliphatic heterocycles. The SMILES string of the molecule is Cc1cc(C(=O)N[C@@H](CC(=O)O)Cc2ccc(N)cc2)no1. The van der Waals surface area contributed by atoms with Crippen molar-refractivity contribution in [2.45, 2.75) is 25.8 Å². The maximum absolute atomic E-state index is 12.0. The van der Waals surface area contributed by atoms with E-state index in [2.05, 4.69) is 10.5 Å². The van der Waals surface area contributed by atoms with E-state index in [4.69, 9.17) is 15.4 Å². The van der Waals surface area contributed by atoms with Crippen LogP contribution in [0, 0.1) is 6.92 Å². The molecule has 2 aromatic rings. The van der Waals surface area contributed by atoms with Gasteiger partial charge in [-0.1, -0.05) is 17.3 Å². The molecule has 0 radical (unpaired) electrons. The fourth-order valence-corrected chi connectivity index (χ4v) is 2.06. The molecule has 116 valence electrons. The minimum Gasteiger partial charge on any atom is -0.481 e. The van der Waals surface area contributed by atoms with E-state index in [9.17, 15) is 9.59 Å². The van der Waals surface area contributed by atoms with Gasteiger partial charge in [0.2, 0.25) is 0 Å².